The second kappa shape index (κ2) is 5.72. The monoisotopic (exact) mass is 199 g/mol. The van der Waals surface area contributed by atoms with Crippen LogP contribution in [0.15, 0.2) is 0 Å². The van der Waals surface area contributed by atoms with Crippen molar-refractivity contribution in [1.82, 2.24) is 5.32 Å². The molecular formula is C12H25NO. The molecule has 1 atom stereocenters. The van der Waals surface area contributed by atoms with Crippen LogP contribution in [0.4, 0.5) is 0 Å². The van der Waals surface area contributed by atoms with E-state index in [0.29, 0.717) is 11.5 Å². The Labute approximate surface area is 88.4 Å². The number of hydrogen-bond donors (Lipinski definition) is 1. The maximum absolute atomic E-state index is 5.65. The quantitative estimate of drug-likeness (QED) is 0.607. The van der Waals surface area contributed by atoms with Crippen molar-refractivity contribution < 1.29 is 4.74 Å². The minimum Gasteiger partial charge on any atom is -0.380 e. The van der Waals surface area contributed by atoms with Gasteiger partial charge in [-0.3, -0.25) is 0 Å². The van der Waals surface area contributed by atoms with Crippen molar-refractivity contribution in [1.29, 1.82) is 0 Å². The van der Waals surface area contributed by atoms with Crippen molar-refractivity contribution >= 4 is 0 Å². The molecule has 1 N–H and O–H groups in total. The van der Waals surface area contributed by atoms with Crippen molar-refractivity contribution in [2.45, 2.75) is 52.5 Å². The summed E-state index contributed by atoms with van der Waals surface area (Å²) in [7, 11) is 0. The Bertz CT molecular complexity index is 154. The summed E-state index contributed by atoms with van der Waals surface area (Å²) >= 11 is 0. The Morgan fingerprint density at radius 3 is 2.50 bits per heavy atom. The maximum atomic E-state index is 5.65. The summed E-state index contributed by atoms with van der Waals surface area (Å²) in [5.41, 5.74) is 0.531. The largest absolute Gasteiger partial charge is 0.380 e. The molecule has 0 amide bonds. The van der Waals surface area contributed by atoms with Gasteiger partial charge in [0.2, 0.25) is 0 Å². The van der Waals surface area contributed by atoms with E-state index >= 15 is 0 Å². The van der Waals surface area contributed by atoms with Crippen LogP contribution < -0.4 is 5.32 Å². The lowest BCUT2D eigenvalue weighted by Crippen LogP contribution is -2.40. The molecule has 0 aromatic heterocycles. The predicted octanol–water partition coefficient (Wildman–Crippen LogP) is 2.58. The molecule has 0 aliphatic heterocycles. The summed E-state index contributed by atoms with van der Waals surface area (Å²) in [5.74, 6) is 0. The highest BCUT2D eigenvalue weighted by molar-refractivity contribution is 4.98. The van der Waals surface area contributed by atoms with E-state index in [1.807, 2.05) is 0 Å². The van der Waals surface area contributed by atoms with Crippen LogP contribution in [0, 0.1) is 5.41 Å². The van der Waals surface area contributed by atoms with E-state index in [2.05, 4.69) is 26.1 Å². The van der Waals surface area contributed by atoms with Gasteiger partial charge in [-0.05, 0) is 37.6 Å². The van der Waals surface area contributed by atoms with E-state index in [1.54, 1.807) is 0 Å². The summed E-state index contributed by atoms with van der Waals surface area (Å²) in [6.45, 7) is 9.66. The van der Waals surface area contributed by atoms with Crippen LogP contribution >= 0.6 is 0 Å². The Hall–Kier alpha value is -0.0800. The fraction of sp³-hybridized carbons (Fsp3) is 1.00. The summed E-state index contributed by atoms with van der Waals surface area (Å²) in [4.78, 5) is 0. The van der Waals surface area contributed by atoms with Gasteiger partial charge in [-0.1, -0.05) is 20.8 Å². The first-order valence-electron chi connectivity index (χ1n) is 6.04. The molecule has 0 radical (unpaired) electrons. The average molecular weight is 199 g/mol. The molecule has 2 heteroatoms. The Balaban J connectivity index is 2.22. The minimum atomic E-state index is 0.531. The fourth-order valence-corrected chi connectivity index (χ4v) is 1.72. The van der Waals surface area contributed by atoms with Gasteiger partial charge in [0.25, 0.3) is 0 Å². The fourth-order valence-electron chi connectivity index (χ4n) is 1.72. The normalized spacial score (nSPS) is 20.8. The third kappa shape index (κ3) is 3.58. The van der Waals surface area contributed by atoms with Crippen LogP contribution in [0.25, 0.3) is 0 Å². The first-order chi connectivity index (χ1) is 6.73. The molecular weight excluding hydrogens is 174 g/mol. The molecule has 1 saturated carbocycles. The number of nitrogens with one attached hydrogen (secondary N) is 1. The Kier molecular flexibility index (Phi) is 4.90. The Morgan fingerprint density at radius 2 is 2.00 bits per heavy atom. The second-order valence-electron chi connectivity index (χ2n) is 4.74. The van der Waals surface area contributed by atoms with Crippen LogP contribution in [0.5, 0.6) is 0 Å². The standard InChI is InChI=1S/C12H25NO/c1-4-8-13-11(10-14-9-5-2)12(3)6-7-12/h11,13H,4-10H2,1-3H3. The van der Waals surface area contributed by atoms with Crippen LogP contribution in [-0.4, -0.2) is 25.8 Å². The van der Waals surface area contributed by atoms with Gasteiger partial charge in [-0.15, -0.1) is 0 Å². The molecule has 2 nitrogen and oxygen atoms in total. The van der Waals surface area contributed by atoms with Gasteiger partial charge in [-0.2, -0.15) is 0 Å². The van der Waals surface area contributed by atoms with Gasteiger partial charge in [0.05, 0.1) is 6.61 Å². The SMILES string of the molecule is CCCNC(COCCC)C1(C)CC1. The summed E-state index contributed by atoms with van der Waals surface area (Å²) in [5, 5.41) is 3.61. The lowest BCUT2D eigenvalue weighted by molar-refractivity contribution is 0.0914. The lowest BCUT2D eigenvalue weighted by Gasteiger charge is -2.24. The van der Waals surface area contributed by atoms with Crippen molar-refractivity contribution in [3.05, 3.63) is 0 Å². The lowest BCUT2D eigenvalue weighted by atomic mass is 10.00. The molecule has 1 unspecified atom stereocenters. The molecule has 1 fully saturated rings. The molecule has 0 saturated heterocycles. The van der Waals surface area contributed by atoms with E-state index in [-0.39, 0.29) is 0 Å². The molecule has 84 valence electrons. The van der Waals surface area contributed by atoms with Gasteiger partial charge in [-0.25, -0.2) is 0 Å². The second-order valence-corrected chi connectivity index (χ2v) is 4.74. The van der Waals surface area contributed by atoms with E-state index in [9.17, 15) is 0 Å². The van der Waals surface area contributed by atoms with E-state index in [4.69, 9.17) is 4.74 Å². The van der Waals surface area contributed by atoms with E-state index in [1.165, 1.54) is 19.3 Å². The predicted molar refractivity (Wildman–Crippen MR) is 60.5 cm³/mol. The van der Waals surface area contributed by atoms with Gasteiger partial charge >= 0.3 is 0 Å². The summed E-state index contributed by atoms with van der Waals surface area (Å²) in [6, 6.07) is 0.578. The third-order valence-corrected chi connectivity index (χ3v) is 3.15. The highest BCUT2D eigenvalue weighted by atomic mass is 16.5. The molecule has 0 aromatic carbocycles. The average Bonchev–Trinajstić information content (AvgIpc) is 2.91. The van der Waals surface area contributed by atoms with Crippen LogP contribution in [0.2, 0.25) is 0 Å². The summed E-state index contributed by atoms with van der Waals surface area (Å²) in [6.07, 6.45) is 5.06. The molecule has 0 heterocycles. The van der Waals surface area contributed by atoms with Crippen LogP contribution in [0.3, 0.4) is 0 Å². The highest BCUT2D eigenvalue weighted by Gasteiger charge is 2.44. The Morgan fingerprint density at radius 1 is 1.29 bits per heavy atom. The van der Waals surface area contributed by atoms with E-state index in [0.717, 1.165) is 26.2 Å². The molecule has 1 aliphatic rings. The first-order valence-corrected chi connectivity index (χ1v) is 6.04. The van der Waals surface area contributed by atoms with Crippen molar-refractivity contribution in [3.63, 3.8) is 0 Å². The van der Waals surface area contributed by atoms with Crippen molar-refractivity contribution in [2.24, 2.45) is 5.41 Å². The first kappa shape index (κ1) is 12.0. The summed E-state index contributed by atoms with van der Waals surface area (Å²) < 4.78 is 5.65. The molecule has 14 heavy (non-hydrogen) atoms. The third-order valence-electron chi connectivity index (χ3n) is 3.15. The van der Waals surface area contributed by atoms with Crippen molar-refractivity contribution in [2.75, 3.05) is 19.8 Å². The highest BCUT2D eigenvalue weighted by Crippen LogP contribution is 2.48. The topological polar surface area (TPSA) is 21.3 Å². The zero-order valence-corrected chi connectivity index (χ0v) is 9.94. The van der Waals surface area contributed by atoms with Gasteiger partial charge in [0.1, 0.15) is 0 Å². The van der Waals surface area contributed by atoms with E-state index < -0.39 is 0 Å². The van der Waals surface area contributed by atoms with Gasteiger partial charge in [0, 0.05) is 12.6 Å². The minimum absolute atomic E-state index is 0.531. The molecule has 0 aromatic rings. The molecule has 0 spiro atoms. The zero-order valence-electron chi connectivity index (χ0n) is 9.94. The molecule has 1 aliphatic carbocycles. The van der Waals surface area contributed by atoms with Gasteiger partial charge in [0.15, 0.2) is 0 Å². The van der Waals surface area contributed by atoms with Crippen molar-refractivity contribution in [3.8, 4) is 0 Å². The number of hydrogen-bond acceptors (Lipinski definition) is 2. The zero-order chi connectivity index (χ0) is 10.4. The molecule has 1 rings (SSSR count). The number of ether oxygens (including phenoxy) is 1. The van der Waals surface area contributed by atoms with Crippen LogP contribution in [0.1, 0.15) is 46.5 Å². The van der Waals surface area contributed by atoms with Gasteiger partial charge < -0.3 is 10.1 Å². The maximum Gasteiger partial charge on any atom is 0.0624 e. The van der Waals surface area contributed by atoms with Crippen LogP contribution in [-0.2, 0) is 4.74 Å². The smallest absolute Gasteiger partial charge is 0.0624 e. The number of rotatable bonds is 8. The molecule has 0 bridgehead atoms.